The minimum atomic E-state index is 0.191. The Labute approximate surface area is 114 Å². The molecule has 0 amide bonds. The van der Waals surface area contributed by atoms with Crippen LogP contribution in [-0.4, -0.2) is 12.0 Å². The van der Waals surface area contributed by atoms with E-state index in [9.17, 15) is 0 Å². The first-order valence-corrected chi connectivity index (χ1v) is 6.54. The fraction of sp³-hybridized carbons (Fsp3) is 0.312. The highest BCUT2D eigenvalue weighted by atomic mass is 14.9. The first-order chi connectivity index (χ1) is 9.11. The first-order valence-electron chi connectivity index (χ1n) is 6.54. The lowest BCUT2D eigenvalue weighted by atomic mass is 9.97. The average Bonchev–Trinajstić information content (AvgIpc) is 2.41. The van der Waals surface area contributed by atoms with E-state index in [1.165, 1.54) is 16.7 Å². The summed E-state index contributed by atoms with van der Waals surface area (Å²) in [6.07, 6.45) is 4.48. The number of hydrogen-bond donors (Lipinski definition) is 2. The van der Waals surface area contributed by atoms with Gasteiger partial charge in [0.05, 0.1) is 0 Å². The maximum absolute atomic E-state index is 6.02. The predicted octanol–water partition coefficient (Wildman–Crippen LogP) is 2.78. The zero-order valence-electron chi connectivity index (χ0n) is 11.8. The quantitative estimate of drug-likeness (QED) is 0.883. The van der Waals surface area contributed by atoms with E-state index < -0.39 is 0 Å². The van der Waals surface area contributed by atoms with Gasteiger partial charge in [-0.25, -0.2) is 0 Å². The van der Waals surface area contributed by atoms with Crippen molar-refractivity contribution >= 4 is 5.69 Å². The topological polar surface area (TPSA) is 50.9 Å². The van der Waals surface area contributed by atoms with Crippen LogP contribution < -0.4 is 11.1 Å². The molecular formula is C16H21N3. The average molecular weight is 255 g/mol. The van der Waals surface area contributed by atoms with Crippen LogP contribution in [0.3, 0.4) is 0 Å². The van der Waals surface area contributed by atoms with Crippen LogP contribution in [0.5, 0.6) is 0 Å². The standard InChI is InChI=1S/C16H21N3/c1-11-4-5-13(8-12(11)2)9-16(18-3)14-10-19-7-6-15(14)17/h4-8,10,16,18H,9H2,1-3H3,(H2,17,19). The van der Waals surface area contributed by atoms with Crippen molar-refractivity contribution in [2.45, 2.75) is 26.3 Å². The van der Waals surface area contributed by atoms with Crippen molar-refractivity contribution in [2.75, 3.05) is 12.8 Å². The summed E-state index contributed by atoms with van der Waals surface area (Å²) in [5, 5.41) is 3.32. The van der Waals surface area contributed by atoms with Gasteiger partial charge >= 0.3 is 0 Å². The number of pyridine rings is 1. The molecule has 0 aliphatic rings. The summed E-state index contributed by atoms with van der Waals surface area (Å²) in [4.78, 5) is 4.17. The number of benzene rings is 1. The maximum Gasteiger partial charge on any atom is 0.0394 e. The number of anilines is 1. The minimum absolute atomic E-state index is 0.191. The molecule has 3 N–H and O–H groups in total. The van der Waals surface area contributed by atoms with Crippen molar-refractivity contribution < 1.29 is 0 Å². The Morgan fingerprint density at radius 2 is 2.00 bits per heavy atom. The van der Waals surface area contributed by atoms with Crippen LogP contribution >= 0.6 is 0 Å². The molecule has 0 bridgehead atoms. The van der Waals surface area contributed by atoms with E-state index >= 15 is 0 Å². The lowest BCUT2D eigenvalue weighted by Crippen LogP contribution is -2.20. The lowest BCUT2D eigenvalue weighted by Gasteiger charge is -2.18. The second-order valence-corrected chi connectivity index (χ2v) is 4.97. The van der Waals surface area contributed by atoms with Gasteiger partial charge in [-0.15, -0.1) is 0 Å². The van der Waals surface area contributed by atoms with E-state index in [0.29, 0.717) is 0 Å². The van der Waals surface area contributed by atoms with Crippen molar-refractivity contribution in [2.24, 2.45) is 0 Å². The van der Waals surface area contributed by atoms with Crippen LogP contribution in [0.4, 0.5) is 5.69 Å². The molecule has 1 unspecified atom stereocenters. The van der Waals surface area contributed by atoms with E-state index in [0.717, 1.165) is 17.7 Å². The number of likely N-dealkylation sites (N-methyl/N-ethyl adjacent to an activating group) is 1. The number of nitrogen functional groups attached to an aromatic ring is 1. The van der Waals surface area contributed by atoms with Crippen LogP contribution in [0.25, 0.3) is 0 Å². The Bertz CT molecular complexity index is 564. The Kier molecular flexibility index (Phi) is 4.17. The smallest absolute Gasteiger partial charge is 0.0394 e. The molecule has 1 aromatic heterocycles. The Morgan fingerprint density at radius 1 is 1.21 bits per heavy atom. The molecule has 0 aliphatic heterocycles. The third kappa shape index (κ3) is 3.12. The van der Waals surface area contributed by atoms with Crippen LogP contribution in [0.1, 0.15) is 28.3 Å². The van der Waals surface area contributed by atoms with Gasteiger partial charge in [-0.2, -0.15) is 0 Å². The third-order valence-electron chi connectivity index (χ3n) is 3.62. The molecule has 0 fully saturated rings. The molecule has 19 heavy (non-hydrogen) atoms. The van der Waals surface area contributed by atoms with Gasteiger partial charge in [0.15, 0.2) is 0 Å². The van der Waals surface area contributed by atoms with Crippen molar-refractivity contribution in [1.29, 1.82) is 0 Å². The fourth-order valence-corrected chi connectivity index (χ4v) is 2.24. The number of aryl methyl sites for hydroxylation is 2. The molecule has 0 saturated carbocycles. The number of nitrogens with one attached hydrogen (secondary N) is 1. The largest absolute Gasteiger partial charge is 0.398 e. The molecule has 0 saturated heterocycles. The molecule has 0 radical (unpaired) electrons. The summed E-state index contributed by atoms with van der Waals surface area (Å²) in [5.41, 5.74) is 11.8. The van der Waals surface area contributed by atoms with Gasteiger partial charge in [0.25, 0.3) is 0 Å². The van der Waals surface area contributed by atoms with E-state index in [-0.39, 0.29) is 6.04 Å². The highest BCUT2D eigenvalue weighted by Crippen LogP contribution is 2.23. The zero-order chi connectivity index (χ0) is 13.8. The van der Waals surface area contributed by atoms with Gasteiger partial charge in [-0.1, -0.05) is 18.2 Å². The fourth-order valence-electron chi connectivity index (χ4n) is 2.24. The molecule has 0 spiro atoms. The van der Waals surface area contributed by atoms with E-state index in [4.69, 9.17) is 5.73 Å². The highest BCUT2D eigenvalue weighted by Gasteiger charge is 2.13. The molecule has 1 aromatic carbocycles. The van der Waals surface area contributed by atoms with Gasteiger partial charge in [0, 0.05) is 29.7 Å². The van der Waals surface area contributed by atoms with Gasteiger partial charge in [0.2, 0.25) is 0 Å². The van der Waals surface area contributed by atoms with Crippen LogP contribution in [-0.2, 0) is 6.42 Å². The van der Waals surface area contributed by atoms with Crippen molar-refractivity contribution in [3.8, 4) is 0 Å². The van der Waals surface area contributed by atoms with E-state index in [1.807, 2.05) is 19.3 Å². The molecule has 3 nitrogen and oxygen atoms in total. The zero-order valence-corrected chi connectivity index (χ0v) is 11.8. The summed E-state index contributed by atoms with van der Waals surface area (Å²) in [6, 6.07) is 8.63. The predicted molar refractivity (Wildman–Crippen MR) is 80.1 cm³/mol. The van der Waals surface area contributed by atoms with Crippen LogP contribution in [0.15, 0.2) is 36.7 Å². The van der Waals surface area contributed by atoms with Crippen LogP contribution in [0.2, 0.25) is 0 Å². The lowest BCUT2D eigenvalue weighted by molar-refractivity contribution is 0.591. The highest BCUT2D eigenvalue weighted by molar-refractivity contribution is 5.47. The Hall–Kier alpha value is -1.87. The molecule has 1 atom stereocenters. The van der Waals surface area contributed by atoms with Crippen molar-refractivity contribution in [3.63, 3.8) is 0 Å². The molecule has 0 aliphatic carbocycles. The first kappa shape index (κ1) is 13.6. The molecule has 100 valence electrons. The summed E-state index contributed by atoms with van der Waals surface area (Å²) < 4.78 is 0. The molecule has 2 rings (SSSR count). The normalized spacial score (nSPS) is 12.4. The molecule has 1 heterocycles. The number of hydrogen-bond acceptors (Lipinski definition) is 3. The van der Waals surface area contributed by atoms with E-state index in [1.54, 1.807) is 6.20 Å². The Balaban J connectivity index is 2.24. The summed E-state index contributed by atoms with van der Waals surface area (Å²) in [5.74, 6) is 0. The van der Waals surface area contributed by atoms with Crippen molar-refractivity contribution in [3.05, 3.63) is 58.9 Å². The SMILES string of the molecule is CNC(Cc1ccc(C)c(C)c1)c1cnccc1N. The van der Waals surface area contributed by atoms with Gasteiger partial charge < -0.3 is 11.1 Å². The Morgan fingerprint density at radius 3 is 2.63 bits per heavy atom. The second kappa shape index (κ2) is 5.85. The minimum Gasteiger partial charge on any atom is -0.398 e. The molecular weight excluding hydrogens is 234 g/mol. The van der Waals surface area contributed by atoms with E-state index in [2.05, 4.69) is 42.3 Å². The number of nitrogens with zero attached hydrogens (tertiary/aromatic N) is 1. The van der Waals surface area contributed by atoms with Crippen LogP contribution in [0, 0.1) is 13.8 Å². The van der Waals surface area contributed by atoms with Gasteiger partial charge in [0.1, 0.15) is 0 Å². The number of rotatable bonds is 4. The van der Waals surface area contributed by atoms with Gasteiger partial charge in [-0.05, 0) is 50.1 Å². The monoisotopic (exact) mass is 255 g/mol. The third-order valence-corrected chi connectivity index (χ3v) is 3.62. The maximum atomic E-state index is 6.02. The number of nitrogens with two attached hydrogens (primary N) is 1. The summed E-state index contributed by atoms with van der Waals surface area (Å²) in [6.45, 7) is 4.28. The summed E-state index contributed by atoms with van der Waals surface area (Å²) >= 11 is 0. The second-order valence-electron chi connectivity index (χ2n) is 4.97. The number of aromatic nitrogens is 1. The summed E-state index contributed by atoms with van der Waals surface area (Å²) in [7, 11) is 1.96. The molecule has 3 heteroatoms. The van der Waals surface area contributed by atoms with Crippen molar-refractivity contribution in [1.82, 2.24) is 10.3 Å². The molecule has 2 aromatic rings. The van der Waals surface area contributed by atoms with Gasteiger partial charge in [-0.3, -0.25) is 4.98 Å².